The molecule has 0 radical (unpaired) electrons. The predicted molar refractivity (Wildman–Crippen MR) is 179 cm³/mol. The number of unbranched alkanes of at least 4 members (excludes halogenated alkanes) is 1. The highest BCUT2D eigenvalue weighted by molar-refractivity contribution is 5.84. The van der Waals surface area contributed by atoms with E-state index in [2.05, 4.69) is 71.6 Å². The lowest BCUT2D eigenvalue weighted by molar-refractivity contribution is -0.122. The Bertz CT molecular complexity index is 698. The predicted octanol–water partition coefficient (Wildman–Crippen LogP) is 10.5. The Morgan fingerprint density at radius 1 is 0.975 bits per heavy atom. The second kappa shape index (κ2) is 20.6. The Balaban J connectivity index is 0. The third-order valence-electron chi connectivity index (χ3n) is 8.50. The first-order chi connectivity index (χ1) is 18.9. The monoisotopic (exact) mass is 562 g/mol. The van der Waals surface area contributed by atoms with Crippen LogP contribution in [0.3, 0.4) is 0 Å². The zero-order valence-electron chi connectivity index (χ0n) is 29.0. The van der Waals surface area contributed by atoms with E-state index in [1.54, 1.807) is 6.92 Å². The van der Waals surface area contributed by atoms with Crippen LogP contribution in [0.15, 0.2) is 37.0 Å². The molecule has 40 heavy (non-hydrogen) atoms. The van der Waals surface area contributed by atoms with Crippen molar-refractivity contribution < 1.29 is 9.90 Å². The minimum Gasteiger partial charge on any atom is -0.393 e. The minimum absolute atomic E-state index is 0.148. The number of Topliss-reactive ketones (excluding diaryl/α,β-unsaturated/α-hetero) is 1. The maximum atomic E-state index is 12.1. The van der Waals surface area contributed by atoms with Crippen molar-refractivity contribution in [1.29, 1.82) is 0 Å². The van der Waals surface area contributed by atoms with E-state index in [1.807, 2.05) is 41.5 Å². The number of nitrogens with two attached hydrogens (primary N) is 1. The van der Waals surface area contributed by atoms with E-state index >= 15 is 0 Å². The molecule has 4 aliphatic carbocycles. The second-order valence-electron chi connectivity index (χ2n) is 12.8. The average molecular weight is 562 g/mol. The van der Waals surface area contributed by atoms with Crippen LogP contribution in [0.4, 0.5) is 0 Å². The van der Waals surface area contributed by atoms with Crippen LogP contribution in [0, 0.1) is 34.0 Å². The molecule has 4 atom stereocenters. The third-order valence-corrected chi connectivity index (χ3v) is 8.50. The van der Waals surface area contributed by atoms with Crippen LogP contribution in [-0.4, -0.2) is 23.0 Å². The van der Waals surface area contributed by atoms with E-state index in [0.29, 0.717) is 40.4 Å². The molecule has 0 amide bonds. The van der Waals surface area contributed by atoms with E-state index in [4.69, 9.17) is 10.8 Å². The van der Waals surface area contributed by atoms with Crippen molar-refractivity contribution in [1.82, 2.24) is 0 Å². The van der Waals surface area contributed by atoms with E-state index in [-0.39, 0.29) is 17.9 Å². The molecule has 3 heteroatoms. The molecule has 0 aliphatic heterocycles. The van der Waals surface area contributed by atoms with Gasteiger partial charge < -0.3 is 10.8 Å². The van der Waals surface area contributed by atoms with Gasteiger partial charge in [-0.05, 0) is 79.4 Å². The van der Waals surface area contributed by atoms with Gasteiger partial charge in [-0.15, -0.1) is 6.58 Å². The summed E-state index contributed by atoms with van der Waals surface area (Å²) in [4.78, 5) is 12.1. The lowest BCUT2D eigenvalue weighted by Gasteiger charge is -2.21. The number of rotatable bonds is 9. The van der Waals surface area contributed by atoms with Crippen molar-refractivity contribution in [3.63, 3.8) is 0 Å². The molecule has 3 nitrogen and oxygen atoms in total. The molecular formula is C37H71NO2. The first-order valence-corrected chi connectivity index (χ1v) is 16.8. The SMILES string of the molecule is C=CC1(CCCC)CC1.CC.CC.CC(C)C(C)O.CC(C)CC(=O)[C@@H](N)C1CC23C=CC=CC2(C1)C3.CCC. The van der Waals surface area contributed by atoms with Gasteiger partial charge in [-0.1, -0.05) is 126 Å². The van der Waals surface area contributed by atoms with Crippen LogP contribution < -0.4 is 5.73 Å². The molecule has 4 aliphatic rings. The molecule has 0 saturated heterocycles. The molecule has 236 valence electrons. The van der Waals surface area contributed by atoms with E-state index in [9.17, 15) is 4.79 Å². The van der Waals surface area contributed by atoms with Gasteiger partial charge in [0.25, 0.3) is 0 Å². The van der Waals surface area contributed by atoms with Gasteiger partial charge in [-0.2, -0.15) is 0 Å². The highest BCUT2D eigenvalue weighted by atomic mass is 16.3. The summed E-state index contributed by atoms with van der Waals surface area (Å²) in [5, 5.41) is 8.63. The Morgan fingerprint density at radius 3 is 1.70 bits per heavy atom. The number of carbonyl (C=O) groups excluding carboxylic acids is 1. The number of hydrogen-bond donors (Lipinski definition) is 2. The van der Waals surface area contributed by atoms with Gasteiger partial charge in [0.2, 0.25) is 0 Å². The molecule has 0 aromatic carbocycles. The first kappa shape index (κ1) is 40.9. The van der Waals surface area contributed by atoms with E-state index in [0.717, 1.165) is 12.8 Å². The van der Waals surface area contributed by atoms with Gasteiger partial charge >= 0.3 is 0 Å². The summed E-state index contributed by atoms with van der Waals surface area (Å²) in [7, 11) is 0. The molecule has 3 saturated carbocycles. The van der Waals surface area contributed by atoms with Crippen molar-refractivity contribution in [3.05, 3.63) is 37.0 Å². The van der Waals surface area contributed by atoms with Crippen molar-refractivity contribution in [3.8, 4) is 0 Å². The van der Waals surface area contributed by atoms with Crippen molar-refractivity contribution >= 4 is 5.78 Å². The summed E-state index contributed by atoms with van der Waals surface area (Å²) in [6.07, 6.45) is 23.3. The molecule has 0 aromatic rings. The third kappa shape index (κ3) is 13.2. The Hall–Kier alpha value is -1.19. The molecule has 4 rings (SSSR count). The molecule has 3 unspecified atom stereocenters. The minimum atomic E-state index is -0.242. The largest absolute Gasteiger partial charge is 0.393 e. The van der Waals surface area contributed by atoms with Crippen LogP contribution in [0.1, 0.15) is 147 Å². The zero-order chi connectivity index (χ0) is 31.6. The highest BCUT2D eigenvalue weighted by Gasteiger charge is 2.70. The van der Waals surface area contributed by atoms with Crippen LogP contribution in [0.25, 0.3) is 0 Å². The van der Waals surface area contributed by atoms with E-state index in [1.165, 1.54) is 44.9 Å². The molecule has 0 aromatic heterocycles. The maximum absolute atomic E-state index is 12.1. The summed E-state index contributed by atoms with van der Waals surface area (Å²) in [6, 6.07) is -0.242. The lowest BCUT2D eigenvalue weighted by atomic mass is 9.86. The molecule has 0 spiro atoms. The topological polar surface area (TPSA) is 63.3 Å². The van der Waals surface area contributed by atoms with Crippen LogP contribution in [0.5, 0.6) is 0 Å². The number of aliphatic hydroxyl groups excluding tert-OH is 1. The molecule has 3 fully saturated rings. The molecular weight excluding hydrogens is 490 g/mol. The Kier molecular flexibility index (Phi) is 21.1. The quantitative estimate of drug-likeness (QED) is 0.275. The number of allylic oxidation sites excluding steroid dienone is 5. The standard InChI is InChI=1S/C16H23NO.C9H16.C5H12O.C3H8.2C2H6/c1-11(2)7-13(18)14(17)12-8-15-5-3-4-6-16(15,9-12)10-15;1-3-5-6-9(4-2)7-8-9;1-4(2)5(3)6;1-3-2;2*1-2/h3-6,11-12,14H,7-10,17H2,1-2H3;4H,2-3,5-8H2,1H3;4-6H,1-3H3;3H2,1-2H3;2*1-2H3/t12?,14-,15?,16?;;;;;/m0...../s1. The Labute approximate surface area is 251 Å². The van der Waals surface area contributed by atoms with Crippen LogP contribution in [0.2, 0.25) is 0 Å². The fourth-order valence-corrected chi connectivity index (χ4v) is 5.44. The number of aliphatic hydroxyl groups is 1. The second-order valence-corrected chi connectivity index (χ2v) is 12.8. The lowest BCUT2D eigenvalue weighted by Crippen LogP contribution is -2.38. The van der Waals surface area contributed by atoms with Crippen LogP contribution >= 0.6 is 0 Å². The fourth-order valence-electron chi connectivity index (χ4n) is 5.44. The maximum Gasteiger partial charge on any atom is 0.150 e. The van der Waals surface area contributed by atoms with Gasteiger partial charge in [0, 0.05) is 6.42 Å². The normalized spacial score (nSPS) is 26.6. The summed E-state index contributed by atoms with van der Waals surface area (Å²) < 4.78 is 0. The van der Waals surface area contributed by atoms with Gasteiger partial charge in [0.05, 0.1) is 12.1 Å². The van der Waals surface area contributed by atoms with Gasteiger partial charge in [0.1, 0.15) is 5.78 Å². The van der Waals surface area contributed by atoms with Gasteiger partial charge in [0.15, 0.2) is 0 Å². The van der Waals surface area contributed by atoms with E-state index < -0.39 is 0 Å². The van der Waals surface area contributed by atoms with Crippen molar-refractivity contribution in [2.75, 3.05) is 0 Å². The summed E-state index contributed by atoms with van der Waals surface area (Å²) in [5.74, 6) is 1.47. The number of ketones is 1. The van der Waals surface area contributed by atoms with Gasteiger partial charge in [-0.25, -0.2) is 0 Å². The van der Waals surface area contributed by atoms with Gasteiger partial charge in [-0.3, -0.25) is 4.79 Å². The van der Waals surface area contributed by atoms with Crippen molar-refractivity contribution in [2.45, 2.75) is 159 Å². The molecule has 0 heterocycles. The molecule has 0 bridgehead atoms. The number of hydrogen-bond acceptors (Lipinski definition) is 3. The first-order valence-electron chi connectivity index (χ1n) is 16.8. The summed E-state index contributed by atoms with van der Waals surface area (Å²) in [6.45, 7) is 28.3. The number of carbonyl (C=O) groups is 1. The smallest absolute Gasteiger partial charge is 0.150 e. The zero-order valence-corrected chi connectivity index (χ0v) is 29.0. The van der Waals surface area contributed by atoms with Crippen molar-refractivity contribution in [2.24, 2.45) is 39.7 Å². The Morgan fingerprint density at radius 2 is 1.40 bits per heavy atom. The average Bonchev–Trinajstić information content (AvgIpc) is 3.82. The fraction of sp³-hybridized carbons (Fsp3) is 0.811. The highest BCUT2D eigenvalue weighted by Crippen LogP contribution is 2.77. The molecule has 3 N–H and O–H groups in total. The summed E-state index contributed by atoms with van der Waals surface area (Å²) >= 11 is 0. The van der Waals surface area contributed by atoms with Crippen LogP contribution in [-0.2, 0) is 4.79 Å². The summed E-state index contributed by atoms with van der Waals surface area (Å²) in [5.41, 5.74) is 7.54.